The summed E-state index contributed by atoms with van der Waals surface area (Å²) in [5, 5.41) is 9.48. The van der Waals surface area contributed by atoms with E-state index in [4.69, 9.17) is 16.7 Å². The van der Waals surface area contributed by atoms with Gasteiger partial charge in [-0.05, 0) is 24.5 Å². The summed E-state index contributed by atoms with van der Waals surface area (Å²) in [6, 6.07) is 7.52. The maximum atomic E-state index is 10.7. The molecular formula is C11H11ClO2. The summed E-state index contributed by atoms with van der Waals surface area (Å²) in [7, 11) is 0. The molecule has 0 heterocycles. The highest BCUT2D eigenvalue weighted by Gasteiger charge is 2.46. The minimum Gasteiger partial charge on any atom is -0.481 e. The quantitative estimate of drug-likeness (QED) is 0.833. The molecule has 1 fully saturated rings. The Balaban J connectivity index is 2.31. The number of carbonyl (C=O) groups is 1. The van der Waals surface area contributed by atoms with Gasteiger partial charge in [0.15, 0.2) is 0 Å². The number of benzene rings is 1. The molecule has 1 aromatic carbocycles. The van der Waals surface area contributed by atoms with Gasteiger partial charge >= 0.3 is 5.97 Å². The van der Waals surface area contributed by atoms with Crippen LogP contribution in [0.5, 0.6) is 0 Å². The summed E-state index contributed by atoms with van der Waals surface area (Å²) in [4.78, 5) is 10.7. The van der Waals surface area contributed by atoms with Crippen molar-refractivity contribution in [1.29, 1.82) is 0 Å². The maximum absolute atomic E-state index is 10.7. The molecular weight excluding hydrogens is 200 g/mol. The van der Waals surface area contributed by atoms with Gasteiger partial charge in [0.2, 0.25) is 0 Å². The zero-order valence-electron chi connectivity index (χ0n) is 7.66. The summed E-state index contributed by atoms with van der Waals surface area (Å²) in [5.41, 5.74) is 0.813. The lowest BCUT2D eigenvalue weighted by Gasteiger charge is -2.14. The first kappa shape index (κ1) is 9.53. The highest BCUT2D eigenvalue weighted by Crippen LogP contribution is 2.52. The minimum absolute atomic E-state index is 0.176. The number of carboxylic acid groups (broad SMARTS) is 1. The number of hydrogen-bond donors (Lipinski definition) is 1. The Labute approximate surface area is 87.5 Å². The second kappa shape index (κ2) is 3.28. The fourth-order valence-electron chi connectivity index (χ4n) is 1.87. The Morgan fingerprint density at radius 1 is 1.43 bits per heavy atom. The monoisotopic (exact) mass is 210 g/mol. The van der Waals surface area contributed by atoms with Gasteiger partial charge in [-0.2, -0.15) is 0 Å². The Kier molecular flexibility index (Phi) is 2.23. The van der Waals surface area contributed by atoms with Crippen LogP contribution < -0.4 is 0 Å². The number of carboxylic acids is 1. The molecule has 0 aromatic heterocycles. The van der Waals surface area contributed by atoms with Gasteiger partial charge < -0.3 is 5.11 Å². The average molecular weight is 211 g/mol. The predicted octanol–water partition coefficient (Wildman–Crippen LogP) is 2.85. The third-order valence-electron chi connectivity index (χ3n) is 2.79. The molecule has 0 unspecified atom stereocenters. The van der Waals surface area contributed by atoms with Gasteiger partial charge in [0.1, 0.15) is 0 Å². The lowest BCUT2D eigenvalue weighted by atomic mass is 9.92. The van der Waals surface area contributed by atoms with Crippen LogP contribution in [0.3, 0.4) is 0 Å². The second-order valence-corrected chi connectivity index (χ2v) is 4.24. The molecule has 1 aliphatic rings. The number of halogens is 1. The third kappa shape index (κ3) is 1.62. The lowest BCUT2D eigenvalue weighted by molar-refractivity contribution is -0.137. The summed E-state index contributed by atoms with van der Waals surface area (Å²) < 4.78 is 0. The molecule has 14 heavy (non-hydrogen) atoms. The third-order valence-corrected chi connectivity index (χ3v) is 3.12. The van der Waals surface area contributed by atoms with Crippen LogP contribution in [0.25, 0.3) is 0 Å². The van der Waals surface area contributed by atoms with Crippen molar-refractivity contribution >= 4 is 17.6 Å². The van der Waals surface area contributed by atoms with E-state index in [-0.39, 0.29) is 11.8 Å². The molecule has 1 saturated carbocycles. The molecule has 0 amide bonds. The van der Waals surface area contributed by atoms with Crippen LogP contribution in [-0.4, -0.2) is 11.1 Å². The van der Waals surface area contributed by atoms with E-state index in [0.29, 0.717) is 5.02 Å². The van der Waals surface area contributed by atoms with E-state index in [0.717, 1.165) is 18.4 Å². The van der Waals surface area contributed by atoms with Crippen LogP contribution in [0, 0.1) is 0 Å². The first-order chi connectivity index (χ1) is 6.64. The van der Waals surface area contributed by atoms with Crippen molar-refractivity contribution in [3.63, 3.8) is 0 Å². The lowest BCUT2D eigenvalue weighted by Crippen LogP contribution is -2.13. The molecule has 3 heteroatoms. The van der Waals surface area contributed by atoms with Crippen LogP contribution in [0.4, 0.5) is 0 Å². The first-order valence-corrected chi connectivity index (χ1v) is 4.99. The molecule has 0 saturated heterocycles. The normalized spacial score (nSPS) is 17.8. The summed E-state index contributed by atoms with van der Waals surface area (Å²) in [5.74, 6) is -0.748. The van der Waals surface area contributed by atoms with E-state index in [1.165, 1.54) is 0 Å². The van der Waals surface area contributed by atoms with Crippen molar-refractivity contribution < 1.29 is 9.90 Å². The van der Waals surface area contributed by atoms with Gasteiger partial charge in [0.05, 0.1) is 6.42 Å². The second-order valence-electron chi connectivity index (χ2n) is 3.83. The summed E-state index contributed by atoms with van der Waals surface area (Å²) in [6.45, 7) is 0. The molecule has 0 radical (unpaired) electrons. The predicted molar refractivity (Wildman–Crippen MR) is 54.6 cm³/mol. The van der Waals surface area contributed by atoms with Crippen molar-refractivity contribution in [2.75, 3.05) is 0 Å². The largest absolute Gasteiger partial charge is 0.481 e. The van der Waals surface area contributed by atoms with Crippen LogP contribution in [0.2, 0.25) is 5.02 Å². The van der Waals surface area contributed by atoms with Crippen LogP contribution in [-0.2, 0) is 10.2 Å². The van der Waals surface area contributed by atoms with Gasteiger partial charge in [-0.25, -0.2) is 0 Å². The van der Waals surface area contributed by atoms with Gasteiger partial charge in [0.25, 0.3) is 0 Å². The SMILES string of the molecule is O=C(O)CC1(c2ccccc2Cl)CC1. The maximum Gasteiger partial charge on any atom is 0.304 e. The van der Waals surface area contributed by atoms with E-state index in [9.17, 15) is 4.79 Å². The van der Waals surface area contributed by atoms with Crippen molar-refractivity contribution in [2.45, 2.75) is 24.7 Å². The van der Waals surface area contributed by atoms with E-state index in [1.807, 2.05) is 24.3 Å². The fourth-order valence-corrected chi connectivity index (χ4v) is 2.21. The van der Waals surface area contributed by atoms with Crippen LogP contribution in [0.15, 0.2) is 24.3 Å². The summed E-state index contributed by atoms with van der Waals surface area (Å²) >= 11 is 6.04. The van der Waals surface area contributed by atoms with E-state index in [2.05, 4.69) is 0 Å². The first-order valence-electron chi connectivity index (χ1n) is 4.61. The van der Waals surface area contributed by atoms with Gasteiger partial charge in [-0.3, -0.25) is 4.79 Å². The van der Waals surface area contributed by atoms with E-state index >= 15 is 0 Å². The van der Waals surface area contributed by atoms with Crippen LogP contribution >= 0.6 is 11.6 Å². The number of hydrogen-bond acceptors (Lipinski definition) is 1. The Hall–Kier alpha value is -1.02. The smallest absolute Gasteiger partial charge is 0.304 e. The average Bonchev–Trinajstić information content (AvgIpc) is 2.85. The molecule has 74 valence electrons. The molecule has 0 aliphatic heterocycles. The molecule has 1 N–H and O–H groups in total. The molecule has 2 nitrogen and oxygen atoms in total. The number of aliphatic carboxylic acids is 1. The molecule has 0 bridgehead atoms. The molecule has 0 spiro atoms. The zero-order valence-corrected chi connectivity index (χ0v) is 8.42. The van der Waals surface area contributed by atoms with Crippen molar-refractivity contribution in [2.24, 2.45) is 0 Å². The highest BCUT2D eigenvalue weighted by atomic mass is 35.5. The number of rotatable bonds is 3. The molecule has 1 aromatic rings. The van der Waals surface area contributed by atoms with Gasteiger partial charge in [-0.15, -0.1) is 0 Å². The topological polar surface area (TPSA) is 37.3 Å². The zero-order chi connectivity index (χ0) is 10.2. The molecule has 0 atom stereocenters. The van der Waals surface area contributed by atoms with Crippen LogP contribution in [0.1, 0.15) is 24.8 Å². The van der Waals surface area contributed by atoms with Crippen molar-refractivity contribution in [3.05, 3.63) is 34.9 Å². The van der Waals surface area contributed by atoms with Crippen molar-refractivity contribution in [3.8, 4) is 0 Å². The Bertz CT molecular complexity index is 369. The fraction of sp³-hybridized carbons (Fsp3) is 0.364. The minimum atomic E-state index is -0.748. The molecule has 2 rings (SSSR count). The molecule has 1 aliphatic carbocycles. The summed E-state index contributed by atoms with van der Waals surface area (Å²) in [6.07, 6.45) is 2.06. The van der Waals surface area contributed by atoms with Gasteiger partial charge in [0, 0.05) is 10.4 Å². The van der Waals surface area contributed by atoms with E-state index < -0.39 is 5.97 Å². The Morgan fingerprint density at radius 2 is 2.07 bits per heavy atom. The standard InChI is InChI=1S/C11H11ClO2/c12-9-4-2-1-3-8(9)11(5-6-11)7-10(13)14/h1-4H,5-7H2,(H,13,14). The van der Waals surface area contributed by atoms with Gasteiger partial charge in [-0.1, -0.05) is 29.8 Å². The van der Waals surface area contributed by atoms with Crippen molar-refractivity contribution in [1.82, 2.24) is 0 Å². The highest BCUT2D eigenvalue weighted by molar-refractivity contribution is 6.31. The van der Waals surface area contributed by atoms with E-state index in [1.54, 1.807) is 0 Å². The Morgan fingerprint density at radius 3 is 2.57 bits per heavy atom.